The molecular formula is C19H18BrN3O2. The molecule has 1 N–H and O–H groups in total. The van der Waals surface area contributed by atoms with Crippen LogP contribution in [0.15, 0.2) is 59.1 Å². The molecule has 3 rings (SSSR count). The van der Waals surface area contributed by atoms with Crippen molar-refractivity contribution in [2.75, 3.05) is 11.9 Å². The van der Waals surface area contributed by atoms with Crippen molar-refractivity contribution in [2.24, 2.45) is 7.05 Å². The second kappa shape index (κ2) is 7.53. The van der Waals surface area contributed by atoms with Gasteiger partial charge in [0, 0.05) is 17.1 Å². The Morgan fingerprint density at radius 3 is 2.52 bits per heavy atom. The Bertz CT molecular complexity index is 874. The molecule has 0 spiro atoms. The molecule has 0 aliphatic carbocycles. The van der Waals surface area contributed by atoms with Gasteiger partial charge in [-0.2, -0.15) is 5.10 Å². The fourth-order valence-corrected chi connectivity index (χ4v) is 2.86. The number of anilines is 1. The average Bonchev–Trinajstić information content (AvgIpc) is 2.88. The summed E-state index contributed by atoms with van der Waals surface area (Å²) in [6.07, 6.45) is 0. The van der Waals surface area contributed by atoms with E-state index in [1.165, 1.54) is 0 Å². The van der Waals surface area contributed by atoms with Crippen LogP contribution in [0.1, 0.15) is 5.69 Å². The molecule has 1 heterocycles. The van der Waals surface area contributed by atoms with Crippen LogP contribution in [0.5, 0.6) is 5.75 Å². The zero-order valence-corrected chi connectivity index (χ0v) is 15.6. The van der Waals surface area contributed by atoms with Crippen LogP contribution in [0.3, 0.4) is 0 Å². The SMILES string of the molecule is Cc1nn(C)c(NC(=O)COc2ccccc2)c1-c1ccc(Br)cc1. The van der Waals surface area contributed by atoms with E-state index in [4.69, 9.17) is 4.74 Å². The fourth-order valence-electron chi connectivity index (χ4n) is 2.60. The highest BCUT2D eigenvalue weighted by atomic mass is 79.9. The Balaban J connectivity index is 1.78. The van der Waals surface area contributed by atoms with Crippen molar-refractivity contribution in [3.8, 4) is 16.9 Å². The molecule has 2 aromatic carbocycles. The van der Waals surface area contributed by atoms with Gasteiger partial charge in [0.25, 0.3) is 5.91 Å². The number of para-hydroxylation sites is 1. The van der Waals surface area contributed by atoms with Gasteiger partial charge in [-0.05, 0) is 36.8 Å². The molecule has 0 bridgehead atoms. The van der Waals surface area contributed by atoms with Crippen LogP contribution < -0.4 is 10.1 Å². The zero-order valence-electron chi connectivity index (χ0n) is 14.0. The van der Waals surface area contributed by atoms with Gasteiger partial charge in [-0.25, -0.2) is 0 Å². The summed E-state index contributed by atoms with van der Waals surface area (Å²) in [4.78, 5) is 12.3. The van der Waals surface area contributed by atoms with Gasteiger partial charge in [0.1, 0.15) is 11.6 Å². The van der Waals surface area contributed by atoms with E-state index in [1.54, 1.807) is 4.68 Å². The van der Waals surface area contributed by atoms with E-state index >= 15 is 0 Å². The zero-order chi connectivity index (χ0) is 17.8. The Morgan fingerprint density at radius 2 is 1.84 bits per heavy atom. The lowest BCUT2D eigenvalue weighted by Gasteiger charge is -2.10. The summed E-state index contributed by atoms with van der Waals surface area (Å²) in [5.41, 5.74) is 2.75. The molecule has 25 heavy (non-hydrogen) atoms. The van der Waals surface area contributed by atoms with Gasteiger partial charge < -0.3 is 10.1 Å². The number of benzene rings is 2. The van der Waals surface area contributed by atoms with E-state index in [9.17, 15) is 4.79 Å². The summed E-state index contributed by atoms with van der Waals surface area (Å²) in [6.45, 7) is 1.86. The molecule has 0 saturated heterocycles. The molecule has 1 amide bonds. The number of ether oxygens (including phenoxy) is 1. The molecule has 6 heteroatoms. The largest absolute Gasteiger partial charge is 0.484 e. The van der Waals surface area contributed by atoms with Crippen molar-refractivity contribution in [3.63, 3.8) is 0 Å². The summed E-state index contributed by atoms with van der Waals surface area (Å²) in [7, 11) is 1.81. The number of aromatic nitrogens is 2. The molecule has 128 valence electrons. The summed E-state index contributed by atoms with van der Waals surface area (Å²) in [5, 5.41) is 7.34. The highest BCUT2D eigenvalue weighted by molar-refractivity contribution is 9.10. The third-order valence-corrected chi connectivity index (χ3v) is 4.25. The van der Waals surface area contributed by atoms with Crippen LogP contribution in [-0.4, -0.2) is 22.3 Å². The van der Waals surface area contributed by atoms with Gasteiger partial charge in [0.05, 0.1) is 5.69 Å². The van der Waals surface area contributed by atoms with Crippen LogP contribution in [0.2, 0.25) is 0 Å². The summed E-state index contributed by atoms with van der Waals surface area (Å²) in [5.74, 6) is 1.08. The van der Waals surface area contributed by atoms with Gasteiger partial charge in [0.2, 0.25) is 0 Å². The number of nitrogens with zero attached hydrogens (tertiary/aromatic N) is 2. The first-order valence-electron chi connectivity index (χ1n) is 7.82. The first-order chi connectivity index (χ1) is 12.0. The lowest BCUT2D eigenvalue weighted by atomic mass is 10.1. The maximum absolute atomic E-state index is 12.3. The Labute approximate surface area is 154 Å². The number of hydrogen-bond acceptors (Lipinski definition) is 3. The first kappa shape index (κ1) is 17.2. The molecule has 0 atom stereocenters. The average molecular weight is 400 g/mol. The topological polar surface area (TPSA) is 56.2 Å². The first-order valence-corrected chi connectivity index (χ1v) is 8.61. The number of aryl methyl sites for hydroxylation is 2. The number of amides is 1. The minimum absolute atomic E-state index is 0.0615. The van der Waals surface area contributed by atoms with Gasteiger partial charge in [-0.3, -0.25) is 9.48 Å². The van der Waals surface area contributed by atoms with Crippen molar-refractivity contribution in [3.05, 3.63) is 64.8 Å². The van der Waals surface area contributed by atoms with Crippen molar-refractivity contribution >= 4 is 27.7 Å². The monoisotopic (exact) mass is 399 g/mol. The number of rotatable bonds is 5. The lowest BCUT2D eigenvalue weighted by molar-refractivity contribution is -0.118. The fraction of sp³-hybridized carbons (Fsp3) is 0.158. The van der Waals surface area contributed by atoms with Crippen LogP contribution in [0.4, 0.5) is 5.82 Å². The van der Waals surface area contributed by atoms with E-state index < -0.39 is 0 Å². The third kappa shape index (κ3) is 4.09. The number of nitrogens with one attached hydrogen (secondary N) is 1. The molecule has 0 saturated carbocycles. The van der Waals surface area contributed by atoms with Gasteiger partial charge in [0.15, 0.2) is 6.61 Å². The van der Waals surface area contributed by atoms with E-state index in [0.29, 0.717) is 11.6 Å². The van der Waals surface area contributed by atoms with Gasteiger partial charge in [-0.15, -0.1) is 0 Å². The number of hydrogen-bond donors (Lipinski definition) is 1. The van der Waals surface area contributed by atoms with Gasteiger partial charge >= 0.3 is 0 Å². The van der Waals surface area contributed by atoms with E-state index in [2.05, 4.69) is 26.3 Å². The predicted octanol–water partition coefficient (Wildman–Crippen LogP) is 4.18. The van der Waals surface area contributed by atoms with Crippen molar-refractivity contribution < 1.29 is 9.53 Å². The van der Waals surface area contributed by atoms with Crippen LogP contribution in [-0.2, 0) is 11.8 Å². The minimum Gasteiger partial charge on any atom is -0.484 e. The summed E-state index contributed by atoms with van der Waals surface area (Å²) in [6, 6.07) is 17.2. The molecule has 3 aromatic rings. The van der Waals surface area contributed by atoms with E-state index in [1.807, 2.05) is 68.6 Å². The van der Waals surface area contributed by atoms with Crippen molar-refractivity contribution in [2.45, 2.75) is 6.92 Å². The second-order valence-corrected chi connectivity index (χ2v) is 6.51. The van der Waals surface area contributed by atoms with Crippen molar-refractivity contribution in [1.29, 1.82) is 0 Å². The van der Waals surface area contributed by atoms with Crippen molar-refractivity contribution in [1.82, 2.24) is 9.78 Å². The standard InChI is InChI=1S/C19H18BrN3O2/c1-13-18(14-8-10-15(20)11-9-14)19(23(2)22-13)21-17(24)12-25-16-6-4-3-5-7-16/h3-11H,12H2,1-2H3,(H,21,24). The Hall–Kier alpha value is -2.60. The maximum atomic E-state index is 12.3. The summed E-state index contributed by atoms with van der Waals surface area (Å²) >= 11 is 3.44. The smallest absolute Gasteiger partial charge is 0.263 e. The molecule has 0 fully saturated rings. The normalized spacial score (nSPS) is 10.5. The van der Waals surface area contributed by atoms with Crippen LogP contribution in [0.25, 0.3) is 11.1 Å². The third-order valence-electron chi connectivity index (χ3n) is 3.73. The van der Waals surface area contributed by atoms with Gasteiger partial charge in [-0.1, -0.05) is 46.3 Å². The number of carbonyl (C=O) groups excluding carboxylic acids is 1. The lowest BCUT2D eigenvalue weighted by Crippen LogP contribution is -2.22. The quantitative estimate of drug-likeness (QED) is 0.699. The molecule has 0 aliphatic rings. The molecule has 0 radical (unpaired) electrons. The number of carbonyl (C=O) groups is 1. The molecule has 0 aliphatic heterocycles. The van der Waals surface area contributed by atoms with E-state index in [0.717, 1.165) is 21.3 Å². The Morgan fingerprint density at radius 1 is 1.16 bits per heavy atom. The summed E-state index contributed by atoms with van der Waals surface area (Å²) < 4.78 is 8.17. The highest BCUT2D eigenvalue weighted by Gasteiger charge is 2.17. The molecule has 1 aromatic heterocycles. The van der Waals surface area contributed by atoms with E-state index in [-0.39, 0.29) is 12.5 Å². The predicted molar refractivity (Wildman–Crippen MR) is 102 cm³/mol. The molecule has 5 nitrogen and oxygen atoms in total. The maximum Gasteiger partial charge on any atom is 0.263 e. The Kier molecular flexibility index (Phi) is 5.19. The second-order valence-electron chi connectivity index (χ2n) is 5.59. The molecule has 0 unspecified atom stereocenters. The van der Waals surface area contributed by atoms with Crippen LogP contribution >= 0.6 is 15.9 Å². The number of halogens is 1. The van der Waals surface area contributed by atoms with Crippen LogP contribution in [0, 0.1) is 6.92 Å². The minimum atomic E-state index is -0.231. The molecular weight excluding hydrogens is 382 g/mol. The highest BCUT2D eigenvalue weighted by Crippen LogP contribution is 2.31.